The second kappa shape index (κ2) is 8.83. The van der Waals surface area contributed by atoms with Gasteiger partial charge in [0.05, 0.1) is 0 Å². The van der Waals surface area contributed by atoms with Gasteiger partial charge in [-0.3, -0.25) is 4.79 Å². The van der Waals surface area contributed by atoms with Gasteiger partial charge in [-0.15, -0.1) is 0 Å². The SMILES string of the molecule is CC(C)C(=O)NCC1CC2CN(CCCN3CCN(C)CC3)CC2C1.[HH]. The summed E-state index contributed by atoms with van der Waals surface area (Å²) in [6.45, 7) is 14.9. The number of nitrogens with zero attached hydrogens (tertiary/aromatic N) is 3. The quantitative estimate of drug-likeness (QED) is 0.755. The minimum Gasteiger partial charge on any atom is -0.356 e. The van der Waals surface area contributed by atoms with E-state index in [1.165, 1.54) is 71.6 Å². The highest BCUT2D eigenvalue weighted by Gasteiger charge is 2.40. The Kier molecular flexibility index (Phi) is 6.75. The monoisotopic (exact) mass is 352 g/mol. The number of rotatable bonds is 7. The molecule has 2 aliphatic heterocycles. The summed E-state index contributed by atoms with van der Waals surface area (Å²) in [7, 11) is 2.22. The molecule has 5 nitrogen and oxygen atoms in total. The topological polar surface area (TPSA) is 38.8 Å². The molecule has 0 bridgehead atoms. The van der Waals surface area contributed by atoms with Crippen molar-refractivity contribution in [3.63, 3.8) is 0 Å². The molecule has 25 heavy (non-hydrogen) atoms. The molecule has 0 aromatic heterocycles. The van der Waals surface area contributed by atoms with E-state index in [2.05, 4.69) is 27.1 Å². The Labute approximate surface area is 155 Å². The van der Waals surface area contributed by atoms with E-state index in [0.29, 0.717) is 5.92 Å². The van der Waals surface area contributed by atoms with Crippen LogP contribution in [0, 0.1) is 23.7 Å². The zero-order valence-corrected chi connectivity index (χ0v) is 16.5. The van der Waals surface area contributed by atoms with E-state index in [0.717, 1.165) is 18.4 Å². The molecule has 0 aromatic carbocycles. The molecule has 3 rings (SSSR count). The Balaban J connectivity index is 0.00000243. The molecule has 1 amide bonds. The number of likely N-dealkylation sites (tertiary alicyclic amines) is 1. The van der Waals surface area contributed by atoms with E-state index >= 15 is 0 Å². The summed E-state index contributed by atoms with van der Waals surface area (Å²) in [5.41, 5.74) is 0. The third kappa shape index (κ3) is 5.41. The highest BCUT2D eigenvalue weighted by Crippen LogP contribution is 2.41. The van der Waals surface area contributed by atoms with Gasteiger partial charge < -0.3 is 20.0 Å². The predicted molar refractivity (Wildman–Crippen MR) is 105 cm³/mol. The number of piperazine rings is 1. The van der Waals surface area contributed by atoms with Gasteiger partial charge in [-0.05, 0) is 57.2 Å². The molecule has 5 heteroatoms. The lowest BCUT2D eigenvalue weighted by Crippen LogP contribution is -2.45. The summed E-state index contributed by atoms with van der Waals surface area (Å²) in [6.07, 6.45) is 3.95. The number of fused-ring (bicyclic) bond motifs is 1. The first-order chi connectivity index (χ1) is 12.0. The summed E-state index contributed by atoms with van der Waals surface area (Å²) < 4.78 is 0. The fraction of sp³-hybridized carbons (Fsp3) is 0.950. The molecule has 1 aliphatic carbocycles. The molecule has 1 N–H and O–H groups in total. The lowest BCUT2D eigenvalue weighted by Gasteiger charge is -2.32. The third-order valence-corrected chi connectivity index (χ3v) is 6.56. The first kappa shape index (κ1) is 19.1. The van der Waals surface area contributed by atoms with Crippen molar-refractivity contribution in [1.29, 1.82) is 0 Å². The molecular formula is C20H40N4O. The van der Waals surface area contributed by atoms with Gasteiger partial charge in [-0.1, -0.05) is 13.8 Å². The molecule has 3 aliphatic rings. The number of hydrogen-bond donors (Lipinski definition) is 1. The molecule has 146 valence electrons. The Morgan fingerprint density at radius 2 is 1.64 bits per heavy atom. The number of amides is 1. The van der Waals surface area contributed by atoms with Crippen molar-refractivity contribution in [2.24, 2.45) is 23.7 Å². The third-order valence-electron chi connectivity index (χ3n) is 6.56. The van der Waals surface area contributed by atoms with Crippen molar-refractivity contribution < 1.29 is 6.22 Å². The van der Waals surface area contributed by atoms with Crippen LogP contribution in [0.2, 0.25) is 0 Å². The smallest absolute Gasteiger partial charge is 0.222 e. The van der Waals surface area contributed by atoms with E-state index in [4.69, 9.17) is 0 Å². The molecule has 2 saturated heterocycles. The maximum atomic E-state index is 11.7. The molecule has 0 aromatic rings. The van der Waals surface area contributed by atoms with Gasteiger partial charge >= 0.3 is 0 Å². The Hall–Kier alpha value is -0.650. The van der Waals surface area contributed by atoms with Crippen LogP contribution in [0.5, 0.6) is 0 Å². The number of nitrogens with one attached hydrogen (secondary N) is 1. The van der Waals surface area contributed by atoms with Crippen molar-refractivity contribution in [3.8, 4) is 0 Å². The van der Waals surface area contributed by atoms with Crippen LogP contribution in [0.1, 0.15) is 34.5 Å². The van der Waals surface area contributed by atoms with Crippen LogP contribution in [-0.4, -0.2) is 86.6 Å². The normalized spacial score (nSPS) is 31.6. The number of carbonyl (C=O) groups is 1. The zero-order chi connectivity index (χ0) is 17.8. The second-order valence-electron chi connectivity index (χ2n) is 9.02. The first-order valence-electron chi connectivity index (χ1n) is 10.4. The second-order valence-corrected chi connectivity index (χ2v) is 9.02. The highest BCUT2D eigenvalue weighted by atomic mass is 16.1. The van der Waals surface area contributed by atoms with Crippen molar-refractivity contribution in [2.75, 3.05) is 66.0 Å². The fourth-order valence-electron chi connectivity index (χ4n) is 4.91. The van der Waals surface area contributed by atoms with E-state index in [9.17, 15) is 4.79 Å². The van der Waals surface area contributed by atoms with Gasteiger partial charge in [0.1, 0.15) is 0 Å². The summed E-state index contributed by atoms with van der Waals surface area (Å²) in [5, 5.41) is 3.14. The predicted octanol–water partition coefficient (Wildman–Crippen LogP) is 1.60. The average molecular weight is 353 g/mol. The van der Waals surface area contributed by atoms with Gasteiger partial charge in [0.2, 0.25) is 5.91 Å². The van der Waals surface area contributed by atoms with Crippen LogP contribution in [-0.2, 0) is 4.79 Å². The summed E-state index contributed by atoms with van der Waals surface area (Å²) in [6, 6.07) is 0. The Morgan fingerprint density at radius 1 is 1.04 bits per heavy atom. The van der Waals surface area contributed by atoms with Crippen molar-refractivity contribution in [1.82, 2.24) is 20.0 Å². The molecule has 2 atom stereocenters. The van der Waals surface area contributed by atoms with E-state index < -0.39 is 0 Å². The number of likely N-dealkylation sites (N-methyl/N-ethyl adjacent to an activating group) is 1. The van der Waals surface area contributed by atoms with Gasteiger partial charge in [0.15, 0.2) is 0 Å². The van der Waals surface area contributed by atoms with Crippen molar-refractivity contribution in [2.45, 2.75) is 33.1 Å². The minimum atomic E-state index is 0. The summed E-state index contributed by atoms with van der Waals surface area (Å²) in [4.78, 5) is 19.5. The Bertz CT molecular complexity index is 426. The van der Waals surface area contributed by atoms with E-state index in [1.54, 1.807) is 0 Å². The standard InChI is InChI=1S/C20H38N4O.H2/c1-16(2)20(25)21-13-17-11-18-14-24(15-19(18)12-17)6-4-5-23-9-7-22(3)8-10-23;/h16-19H,4-15H2,1-3H3,(H,21,25);1H. The molecule has 2 heterocycles. The van der Waals surface area contributed by atoms with Crippen molar-refractivity contribution in [3.05, 3.63) is 0 Å². The molecule has 0 spiro atoms. The van der Waals surface area contributed by atoms with Gasteiger partial charge in [0.25, 0.3) is 0 Å². The molecule has 1 saturated carbocycles. The average Bonchev–Trinajstić information content (AvgIpc) is 3.12. The molecule has 0 radical (unpaired) electrons. The lowest BCUT2D eigenvalue weighted by atomic mass is 10.0. The zero-order valence-electron chi connectivity index (χ0n) is 16.5. The summed E-state index contributed by atoms with van der Waals surface area (Å²) >= 11 is 0. The lowest BCUT2D eigenvalue weighted by molar-refractivity contribution is -0.124. The van der Waals surface area contributed by atoms with Crippen LogP contribution in [0.3, 0.4) is 0 Å². The van der Waals surface area contributed by atoms with Crippen LogP contribution in [0.4, 0.5) is 0 Å². The fourth-order valence-corrected chi connectivity index (χ4v) is 4.91. The van der Waals surface area contributed by atoms with Gasteiger partial charge in [-0.2, -0.15) is 0 Å². The first-order valence-corrected chi connectivity index (χ1v) is 10.4. The number of carbonyl (C=O) groups excluding carboxylic acids is 1. The molecule has 2 unspecified atom stereocenters. The number of hydrogen-bond acceptors (Lipinski definition) is 4. The largest absolute Gasteiger partial charge is 0.356 e. The van der Waals surface area contributed by atoms with Crippen molar-refractivity contribution >= 4 is 5.91 Å². The van der Waals surface area contributed by atoms with Crippen LogP contribution in [0.25, 0.3) is 0 Å². The maximum Gasteiger partial charge on any atom is 0.222 e. The highest BCUT2D eigenvalue weighted by molar-refractivity contribution is 5.77. The minimum absolute atomic E-state index is 0. The Morgan fingerprint density at radius 3 is 2.24 bits per heavy atom. The van der Waals surface area contributed by atoms with Gasteiger partial charge in [0, 0.05) is 53.2 Å². The van der Waals surface area contributed by atoms with E-state index in [1.807, 2.05) is 13.8 Å². The van der Waals surface area contributed by atoms with E-state index in [-0.39, 0.29) is 13.3 Å². The molecule has 3 fully saturated rings. The summed E-state index contributed by atoms with van der Waals surface area (Å²) in [5.74, 6) is 2.79. The van der Waals surface area contributed by atoms with Gasteiger partial charge in [-0.25, -0.2) is 0 Å². The molecular weight excluding hydrogens is 312 g/mol. The van der Waals surface area contributed by atoms with Crippen LogP contribution in [0.15, 0.2) is 0 Å². The maximum absolute atomic E-state index is 11.7. The van der Waals surface area contributed by atoms with Crippen LogP contribution < -0.4 is 5.32 Å². The van der Waals surface area contributed by atoms with Crippen LogP contribution >= 0.6 is 0 Å².